The zero-order chi connectivity index (χ0) is 17.1. The summed E-state index contributed by atoms with van der Waals surface area (Å²) in [6.07, 6.45) is -0.0515. The highest BCUT2D eigenvalue weighted by molar-refractivity contribution is 6.04. The van der Waals surface area contributed by atoms with Crippen LogP contribution in [0.25, 0.3) is 0 Å². The Kier molecular flexibility index (Phi) is 4.88. The maximum Gasteiger partial charge on any atom is 0.308 e. The van der Waals surface area contributed by atoms with Crippen LogP contribution < -0.4 is 15.0 Å². The SMILES string of the molecule is COc1ccc(NC(=O)C(C)C)c(N2CC(C(=O)O)CC2=O)c1. The number of nitrogens with one attached hydrogen (secondary N) is 1. The molecule has 0 bridgehead atoms. The molecule has 0 aromatic heterocycles. The van der Waals surface area contributed by atoms with Crippen LogP contribution in [0, 0.1) is 11.8 Å². The number of hydrogen-bond acceptors (Lipinski definition) is 4. The van der Waals surface area contributed by atoms with Crippen LogP contribution in [-0.4, -0.2) is 36.5 Å². The summed E-state index contributed by atoms with van der Waals surface area (Å²) in [7, 11) is 1.50. The van der Waals surface area contributed by atoms with E-state index in [0.717, 1.165) is 0 Å². The van der Waals surface area contributed by atoms with Crippen molar-refractivity contribution in [1.29, 1.82) is 0 Å². The van der Waals surface area contributed by atoms with Crippen molar-refractivity contribution < 1.29 is 24.2 Å². The molecule has 1 saturated heterocycles. The second kappa shape index (κ2) is 6.68. The number of methoxy groups -OCH3 is 1. The molecule has 0 aliphatic carbocycles. The van der Waals surface area contributed by atoms with E-state index in [1.807, 2.05) is 0 Å². The molecule has 23 heavy (non-hydrogen) atoms. The molecule has 7 nitrogen and oxygen atoms in total. The van der Waals surface area contributed by atoms with Crippen LogP contribution in [0.5, 0.6) is 5.75 Å². The third kappa shape index (κ3) is 3.61. The van der Waals surface area contributed by atoms with E-state index in [4.69, 9.17) is 9.84 Å². The van der Waals surface area contributed by atoms with Gasteiger partial charge in [0.2, 0.25) is 11.8 Å². The highest BCUT2D eigenvalue weighted by Gasteiger charge is 2.36. The summed E-state index contributed by atoms with van der Waals surface area (Å²) in [5.41, 5.74) is 0.913. The molecule has 124 valence electrons. The monoisotopic (exact) mass is 320 g/mol. The first-order valence-electron chi connectivity index (χ1n) is 7.35. The Labute approximate surface area is 134 Å². The zero-order valence-electron chi connectivity index (χ0n) is 13.3. The molecular weight excluding hydrogens is 300 g/mol. The largest absolute Gasteiger partial charge is 0.497 e. The number of ether oxygens (including phenoxy) is 1. The number of nitrogens with zero attached hydrogens (tertiary/aromatic N) is 1. The van der Waals surface area contributed by atoms with Gasteiger partial charge in [-0.25, -0.2) is 0 Å². The number of hydrogen-bond donors (Lipinski definition) is 2. The molecule has 1 aliphatic rings. The van der Waals surface area contributed by atoms with E-state index in [1.54, 1.807) is 32.0 Å². The van der Waals surface area contributed by atoms with E-state index in [9.17, 15) is 14.4 Å². The number of aliphatic carboxylic acids is 1. The lowest BCUT2D eigenvalue weighted by molar-refractivity contribution is -0.141. The van der Waals surface area contributed by atoms with Gasteiger partial charge in [0.1, 0.15) is 5.75 Å². The van der Waals surface area contributed by atoms with Crippen molar-refractivity contribution in [3.63, 3.8) is 0 Å². The lowest BCUT2D eigenvalue weighted by Gasteiger charge is -2.21. The minimum atomic E-state index is -1.00. The van der Waals surface area contributed by atoms with Crippen molar-refractivity contribution >= 4 is 29.2 Å². The molecular formula is C16H20N2O5. The van der Waals surface area contributed by atoms with E-state index < -0.39 is 11.9 Å². The zero-order valence-corrected chi connectivity index (χ0v) is 13.3. The Morgan fingerprint density at radius 2 is 2.09 bits per heavy atom. The Morgan fingerprint density at radius 3 is 2.61 bits per heavy atom. The maximum absolute atomic E-state index is 12.2. The van der Waals surface area contributed by atoms with Gasteiger partial charge in [0.25, 0.3) is 0 Å². The summed E-state index contributed by atoms with van der Waals surface area (Å²) < 4.78 is 5.16. The standard InChI is InChI=1S/C16H20N2O5/c1-9(2)15(20)17-12-5-4-11(23-3)7-13(12)18-8-10(16(21)22)6-14(18)19/h4-5,7,9-10H,6,8H2,1-3H3,(H,17,20)(H,21,22). The average molecular weight is 320 g/mol. The number of carboxylic acids is 1. The van der Waals surface area contributed by atoms with Gasteiger partial charge in [0, 0.05) is 24.9 Å². The Hall–Kier alpha value is -2.57. The van der Waals surface area contributed by atoms with Gasteiger partial charge in [-0.15, -0.1) is 0 Å². The van der Waals surface area contributed by atoms with Gasteiger partial charge in [0.15, 0.2) is 0 Å². The second-order valence-electron chi connectivity index (χ2n) is 5.77. The van der Waals surface area contributed by atoms with E-state index in [0.29, 0.717) is 17.1 Å². The van der Waals surface area contributed by atoms with Gasteiger partial charge in [0.05, 0.1) is 24.4 Å². The van der Waals surface area contributed by atoms with Crippen molar-refractivity contribution in [2.75, 3.05) is 23.9 Å². The topological polar surface area (TPSA) is 95.9 Å². The summed E-state index contributed by atoms with van der Waals surface area (Å²) in [6, 6.07) is 4.95. The van der Waals surface area contributed by atoms with Crippen LogP contribution in [0.1, 0.15) is 20.3 Å². The Balaban J connectivity index is 2.37. The fourth-order valence-electron chi connectivity index (χ4n) is 2.35. The Bertz CT molecular complexity index is 641. The van der Waals surface area contributed by atoms with E-state index in [1.165, 1.54) is 12.0 Å². The minimum Gasteiger partial charge on any atom is -0.497 e. The summed E-state index contributed by atoms with van der Waals surface area (Å²) in [5, 5.41) is 11.9. The quantitative estimate of drug-likeness (QED) is 0.861. The molecule has 0 saturated carbocycles. The fraction of sp³-hybridized carbons (Fsp3) is 0.438. The smallest absolute Gasteiger partial charge is 0.308 e. The van der Waals surface area contributed by atoms with Crippen molar-refractivity contribution in [2.45, 2.75) is 20.3 Å². The van der Waals surface area contributed by atoms with Crippen molar-refractivity contribution in [1.82, 2.24) is 0 Å². The normalized spacial score (nSPS) is 17.5. The maximum atomic E-state index is 12.2. The lowest BCUT2D eigenvalue weighted by Crippen LogP contribution is -2.28. The van der Waals surface area contributed by atoms with Crippen molar-refractivity contribution in [3.8, 4) is 5.75 Å². The number of rotatable bonds is 5. The number of carbonyl (C=O) groups excluding carboxylic acids is 2. The molecule has 1 heterocycles. The molecule has 1 unspecified atom stereocenters. The number of carboxylic acid groups (broad SMARTS) is 1. The first-order chi connectivity index (χ1) is 10.8. The van der Waals surface area contributed by atoms with Gasteiger partial charge in [-0.05, 0) is 12.1 Å². The van der Waals surface area contributed by atoms with E-state index in [-0.39, 0.29) is 30.7 Å². The molecule has 1 fully saturated rings. The molecule has 0 spiro atoms. The molecule has 2 N–H and O–H groups in total. The van der Waals surface area contributed by atoms with Gasteiger partial charge in [-0.1, -0.05) is 13.8 Å². The molecule has 1 aliphatic heterocycles. The van der Waals surface area contributed by atoms with Crippen LogP contribution in [0.3, 0.4) is 0 Å². The fourth-order valence-corrected chi connectivity index (χ4v) is 2.35. The first-order valence-corrected chi connectivity index (χ1v) is 7.35. The summed E-state index contributed by atoms with van der Waals surface area (Å²) >= 11 is 0. The summed E-state index contributed by atoms with van der Waals surface area (Å²) in [6.45, 7) is 3.60. The molecule has 1 atom stereocenters. The van der Waals surface area contributed by atoms with Gasteiger partial charge >= 0.3 is 5.97 Å². The number of benzene rings is 1. The minimum absolute atomic E-state index is 0.0515. The molecule has 2 rings (SSSR count). The van der Waals surface area contributed by atoms with E-state index in [2.05, 4.69) is 5.32 Å². The highest BCUT2D eigenvalue weighted by atomic mass is 16.5. The van der Waals surface area contributed by atoms with Crippen LogP contribution in [0.4, 0.5) is 11.4 Å². The second-order valence-corrected chi connectivity index (χ2v) is 5.77. The van der Waals surface area contributed by atoms with Gasteiger partial charge < -0.3 is 20.1 Å². The third-order valence-electron chi connectivity index (χ3n) is 3.75. The van der Waals surface area contributed by atoms with Gasteiger partial charge in [-0.3, -0.25) is 14.4 Å². The average Bonchev–Trinajstić information content (AvgIpc) is 2.89. The molecule has 2 amide bonds. The van der Waals surface area contributed by atoms with Crippen LogP contribution >= 0.6 is 0 Å². The van der Waals surface area contributed by atoms with Crippen LogP contribution in [-0.2, 0) is 14.4 Å². The van der Waals surface area contributed by atoms with Gasteiger partial charge in [-0.2, -0.15) is 0 Å². The predicted octanol–water partition coefficient (Wildman–Crippen LogP) is 1.73. The molecule has 1 aromatic rings. The summed E-state index contributed by atoms with van der Waals surface area (Å²) in [4.78, 5) is 36.6. The predicted molar refractivity (Wildman–Crippen MR) is 84.6 cm³/mol. The lowest BCUT2D eigenvalue weighted by atomic mass is 10.1. The number of amides is 2. The molecule has 0 radical (unpaired) electrons. The van der Waals surface area contributed by atoms with Crippen molar-refractivity contribution in [3.05, 3.63) is 18.2 Å². The summed E-state index contributed by atoms with van der Waals surface area (Å²) in [5.74, 6) is -1.91. The third-order valence-corrected chi connectivity index (χ3v) is 3.75. The first kappa shape index (κ1) is 16.8. The molecule has 7 heteroatoms. The van der Waals surface area contributed by atoms with Crippen LogP contribution in [0.2, 0.25) is 0 Å². The highest BCUT2D eigenvalue weighted by Crippen LogP contribution is 2.35. The number of carbonyl (C=O) groups is 3. The molecule has 1 aromatic carbocycles. The van der Waals surface area contributed by atoms with Crippen molar-refractivity contribution in [2.24, 2.45) is 11.8 Å². The van der Waals surface area contributed by atoms with E-state index >= 15 is 0 Å². The Morgan fingerprint density at radius 1 is 1.39 bits per heavy atom. The number of anilines is 2. The van der Waals surface area contributed by atoms with Crippen LogP contribution in [0.15, 0.2) is 18.2 Å².